The van der Waals surface area contributed by atoms with E-state index in [0.29, 0.717) is 16.9 Å². The van der Waals surface area contributed by atoms with E-state index in [4.69, 9.17) is 4.52 Å². The summed E-state index contributed by atoms with van der Waals surface area (Å²) in [6.45, 7) is 0. The molecule has 0 spiro atoms. The molecule has 5 nitrogen and oxygen atoms in total. The maximum atomic E-state index is 12.5. The van der Waals surface area contributed by atoms with Crippen molar-refractivity contribution in [3.8, 4) is 11.3 Å². The highest BCUT2D eigenvalue weighted by Gasteiger charge is 2.18. The number of anilines is 1. The summed E-state index contributed by atoms with van der Waals surface area (Å²) >= 11 is 1.47. The summed E-state index contributed by atoms with van der Waals surface area (Å²) in [6, 6.07) is 13.0. The van der Waals surface area contributed by atoms with Crippen molar-refractivity contribution in [3.05, 3.63) is 60.5 Å². The summed E-state index contributed by atoms with van der Waals surface area (Å²) < 4.78 is 4.98. The fourth-order valence-corrected chi connectivity index (χ4v) is 2.55. The highest BCUT2D eigenvalue weighted by Crippen LogP contribution is 2.25. The number of carbonyl (C=O) groups is 1. The molecule has 0 unspecified atom stereocenters. The summed E-state index contributed by atoms with van der Waals surface area (Å²) in [7, 11) is 0. The van der Waals surface area contributed by atoms with E-state index in [0.717, 1.165) is 10.6 Å². The molecule has 0 aliphatic rings. The van der Waals surface area contributed by atoms with Crippen molar-refractivity contribution in [1.29, 1.82) is 0 Å². The Morgan fingerprint density at radius 1 is 1.18 bits per heavy atom. The van der Waals surface area contributed by atoms with Gasteiger partial charge in [-0.25, -0.2) is 4.98 Å². The summed E-state index contributed by atoms with van der Waals surface area (Å²) in [4.78, 5) is 16.7. The maximum absolute atomic E-state index is 12.5. The molecule has 0 saturated carbocycles. The van der Waals surface area contributed by atoms with Gasteiger partial charge in [0.1, 0.15) is 22.5 Å². The van der Waals surface area contributed by atoms with Gasteiger partial charge in [-0.2, -0.15) is 0 Å². The minimum atomic E-state index is -0.275. The maximum Gasteiger partial charge on any atom is 0.261 e. The molecule has 0 bridgehead atoms. The van der Waals surface area contributed by atoms with Gasteiger partial charge in [0.15, 0.2) is 0 Å². The standard InChI is InChI=1S/C16H13N3O2S/c1-22-16-13(8-5-9-17-16)18-15(20)12-10-21-19-14(12)11-6-3-2-4-7-11/h2-10H,1H3,(H,18,20). The third-order valence-electron chi connectivity index (χ3n) is 3.07. The summed E-state index contributed by atoms with van der Waals surface area (Å²) in [6.07, 6.45) is 4.95. The van der Waals surface area contributed by atoms with Crippen LogP contribution in [0.1, 0.15) is 10.4 Å². The van der Waals surface area contributed by atoms with Gasteiger partial charge in [0.2, 0.25) is 0 Å². The van der Waals surface area contributed by atoms with Gasteiger partial charge >= 0.3 is 0 Å². The highest BCUT2D eigenvalue weighted by atomic mass is 32.2. The van der Waals surface area contributed by atoms with Crippen LogP contribution in [-0.4, -0.2) is 22.3 Å². The first kappa shape index (κ1) is 14.3. The molecule has 0 radical (unpaired) electrons. The molecule has 1 aromatic carbocycles. The number of hydrogen-bond donors (Lipinski definition) is 1. The Labute approximate surface area is 131 Å². The predicted octanol–water partition coefficient (Wildman–Crippen LogP) is 3.71. The summed E-state index contributed by atoms with van der Waals surface area (Å²) in [5, 5.41) is 7.54. The Morgan fingerprint density at radius 3 is 2.77 bits per heavy atom. The largest absolute Gasteiger partial charge is 0.363 e. The van der Waals surface area contributed by atoms with Crippen molar-refractivity contribution in [3.63, 3.8) is 0 Å². The van der Waals surface area contributed by atoms with E-state index in [-0.39, 0.29) is 5.91 Å². The Balaban J connectivity index is 1.90. The number of thioether (sulfide) groups is 1. The number of nitrogens with zero attached hydrogens (tertiary/aromatic N) is 2. The first-order valence-corrected chi connectivity index (χ1v) is 7.82. The van der Waals surface area contributed by atoms with Crippen LogP contribution in [0.25, 0.3) is 11.3 Å². The third-order valence-corrected chi connectivity index (χ3v) is 3.79. The van der Waals surface area contributed by atoms with E-state index >= 15 is 0 Å². The minimum absolute atomic E-state index is 0.275. The fraction of sp³-hybridized carbons (Fsp3) is 0.0625. The van der Waals surface area contributed by atoms with E-state index in [1.165, 1.54) is 18.0 Å². The van der Waals surface area contributed by atoms with Crippen LogP contribution < -0.4 is 5.32 Å². The lowest BCUT2D eigenvalue weighted by atomic mass is 10.1. The zero-order chi connectivity index (χ0) is 15.4. The average molecular weight is 311 g/mol. The van der Waals surface area contributed by atoms with Crippen molar-refractivity contribution in [2.24, 2.45) is 0 Å². The molecule has 1 amide bonds. The number of hydrogen-bond acceptors (Lipinski definition) is 5. The van der Waals surface area contributed by atoms with E-state index in [1.54, 1.807) is 12.3 Å². The Morgan fingerprint density at radius 2 is 2.00 bits per heavy atom. The molecule has 0 aliphatic heterocycles. The van der Waals surface area contributed by atoms with Crippen LogP contribution >= 0.6 is 11.8 Å². The molecule has 3 rings (SSSR count). The van der Waals surface area contributed by atoms with Crippen LogP contribution in [-0.2, 0) is 0 Å². The Bertz CT molecular complexity index is 787. The molecule has 6 heteroatoms. The summed E-state index contributed by atoms with van der Waals surface area (Å²) in [5.41, 5.74) is 2.41. The SMILES string of the molecule is CSc1ncccc1NC(=O)c1conc1-c1ccccc1. The zero-order valence-corrected chi connectivity index (χ0v) is 12.6. The van der Waals surface area contributed by atoms with Gasteiger partial charge in [-0.05, 0) is 18.4 Å². The topological polar surface area (TPSA) is 68.0 Å². The molecular weight excluding hydrogens is 298 g/mol. The van der Waals surface area contributed by atoms with Gasteiger partial charge in [-0.1, -0.05) is 35.5 Å². The van der Waals surface area contributed by atoms with Gasteiger partial charge in [-0.3, -0.25) is 4.79 Å². The molecule has 0 aliphatic carbocycles. The van der Waals surface area contributed by atoms with Crippen LogP contribution in [0.2, 0.25) is 0 Å². The quantitative estimate of drug-likeness (QED) is 0.744. The first-order chi connectivity index (χ1) is 10.8. The molecule has 2 aromatic heterocycles. The molecule has 110 valence electrons. The number of rotatable bonds is 4. The van der Waals surface area contributed by atoms with Crippen LogP contribution in [0.4, 0.5) is 5.69 Å². The zero-order valence-electron chi connectivity index (χ0n) is 11.8. The van der Waals surface area contributed by atoms with Crippen molar-refractivity contribution in [2.45, 2.75) is 5.03 Å². The van der Waals surface area contributed by atoms with Gasteiger partial charge in [0.05, 0.1) is 5.69 Å². The van der Waals surface area contributed by atoms with Gasteiger partial charge in [-0.15, -0.1) is 11.8 Å². The summed E-state index contributed by atoms with van der Waals surface area (Å²) in [5.74, 6) is -0.275. The highest BCUT2D eigenvalue weighted by molar-refractivity contribution is 7.98. The second kappa shape index (κ2) is 6.44. The fourth-order valence-electron chi connectivity index (χ4n) is 2.04. The lowest BCUT2D eigenvalue weighted by Crippen LogP contribution is -2.13. The lowest BCUT2D eigenvalue weighted by Gasteiger charge is -2.07. The molecule has 0 atom stereocenters. The lowest BCUT2D eigenvalue weighted by molar-refractivity contribution is 0.102. The third kappa shape index (κ3) is 2.87. The van der Waals surface area contributed by atoms with Gasteiger partial charge in [0, 0.05) is 11.8 Å². The van der Waals surface area contributed by atoms with Gasteiger partial charge in [0.25, 0.3) is 5.91 Å². The Kier molecular flexibility index (Phi) is 4.20. The second-order valence-electron chi connectivity index (χ2n) is 4.46. The van der Waals surface area contributed by atoms with E-state index in [1.807, 2.05) is 42.7 Å². The predicted molar refractivity (Wildman–Crippen MR) is 85.9 cm³/mol. The molecule has 0 saturated heterocycles. The van der Waals surface area contributed by atoms with E-state index in [9.17, 15) is 4.79 Å². The monoisotopic (exact) mass is 311 g/mol. The van der Waals surface area contributed by atoms with Crippen LogP contribution in [0.5, 0.6) is 0 Å². The van der Waals surface area contributed by atoms with Crippen LogP contribution in [0.3, 0.4) is 0 Å². The molecular formula is C16H13N3O2S. The Hall–Kier alpha value is -2.60. The number of pyridine rings is 1. The number of carbonyl (C=O) groups excluding carboxylic acids is 1. The van der Waals surface area contributed by atoms with E-state index < -0.39 is 0 Å². The van der Waals surface area contributed by atoms with Crippen molar-refractivity contribution >= 4 is 23.4 Å². The molecule has 3 aromatic rings. The van der Waals surface area contributed by atoms with E-state index in [2.05, 4.69) is 15.5 Å². The second-order valence-corrected chi connectivity index (χ2v) is 5.25. The smallest absolute Gasteiger partial charge is 0.261 e. The first-order valence-electron chi connectivity index (χ1n) is 6.59. The van der Waals surface area contributed by atoms with Gasteiger partial charge < -0.3 is 9.84 Å². The van der Waals surface area contributed by atoms with Crippen molar-refractivity contribution < 1.29 is 9.32 Å². The average Bonchev–Trinajstić information content (AvgIpc) is 3.06. The molecule has 1 N–H and O–H groups in total. The molecule has 2 heterocycles. The van der Waals surface area contributed by atoms with Crippen LogP contribution in [0.15, 0.2) is 64.5 Å². The number of benzene rings is 1. The minimum Gasteiger partial charge on any atom is -0.363 e. The number of aromatic nitrogens is 2. The molecule has 22 heavy (non-hydrogen) atoms. The normalized spacial score (nSPS) is 10.4. The number of nitrogens with one attached hydrogen (secondary N) is 1. The van der Waals surface area contributed by atoms with Crippen molar-refractivity contribution in [2.75, 3.05) is 11.6 Å². The van der Waals surface area contributed by atoms with Crippen molar-refractivity contribution in [1.82, 2.24) is 10.1 Å². The number of amides is 1. The molecule has 0 fully saturated rings. The van der Waals surface area contributed by atoms with Crippen LogP contribution in [0, 0.1) is 0 Å².